The number of nitrogens with zero attached hydrogens (tertiary/aromatic N) is 3. The highest BCUT2D eigenvalue weighted by Crippen LogP contribution is 2.35. The fraction of sp³-hybridized carbons (Fsp3) is 0.462. The Morgan fingerprint density at radius 2 is 2.10 bits per heavy atom. The molecule has 0 spiro atoms. The first-order chi connectivity index (χ1) is 9.67. The largest absolute Gasteiger partial charge is 0.344 e. The van der Waals surface area contributed by atoms with Gasteiger partial charge >= 0.3 is 5.69 Å². The summed E-state index contributed by atoms with van der Waals surface area (Å²) in [6.45, 7) is 8.24. The molecule has 0 saturated heterocycles. The molecule has 1 N–H and O–H groups in total. The average Bonchev–Trinajstić information content (AvgIpc) is 3.20. The minimum atomic E-state index is -0.198. The van der Waals surface area contributed by atoms with Gasteiger partial charge in [-0.2, -0.15) is 0 Å². The van der Waals surface area contributed by atoms with Gasteiger partial charge < -0.3 is 4.90 Å². The SMILES string of the molecule is C=CCN(CC=C)C(=O)CSc1n[nH]c(=O)n1C1CC1. The predicted octanol–water partition coefficient (Wildman–Crippen LogP) is 1.20. The first-order valence-electron chi connectivity index (χ1n) is 6.46. The smallest absolute Gasteiger partial charge is 0.335 e. The maximum absolute atomic E-state index is 12.1. The summed E-state index contributed by atoms with van der Waals surface area (Å²) in [7, 11) is 0. The highest BCUT2D eigenvalue weighted by atomic mass is 32.2. The molecule has 0 atom stereocenters. The summed E-state index contributed by atoms with van der Waals surface area (Å²) < 4.78 is 1.64. The van der Waals surface area contributed by atoms with Crippen LogP contribution in [0.25, 0.3) is 0 Å². The lowest BCUT2D eigenvalue weighted by Crippen LogP contribution is -2.32. The third kappa shape index (κ3) is 3.41. The molecule has 1 aromatic heterocycles. The van der Waals surface area contributed by atoms with Crippen LogP contribution in [0.15, 0.2) is 35.3 Å². The molecule has 1 aliphatic carbocycles. The van der Waals surface area contributed by atoms with Crippen molar-refractivity contribution in [2.24, 2.45) is 0 Å². The monoisotopic (exact) mass is 294 g/mol. The number of carbonyl (C=O) groups is 1. The molecule has 1 fully saturated rings. The van der Waals surface area contributed by atoms with Crippen LogP contribution in [0.5, 0.6) is 0 Å². The van der Waals surface area contributed by atoms with Gasteiger partial charge in [0, 0.05) is 19.1 Å². The highest BCUT2D eigenvalue weighted by Gasteiger charge is 2.28. The average molecular weight is 294 g/mol. The molecule has 1 saturated carbocycles. The van der Waals surface area contributed by atoms with Crippen LogP contribution < -0.4 is 5.69 Å². The summed E-state index contributed by atoms with van der Waals surface area (Å²) in [6.07, 6.45) is 5.36. The van der Waals surface area contributed by atoms with Crippen LogP contribution >= 0.6 is 11.8 Å². The molecule has 7 heteroatoms. The Morgan fingerprint density at radius 1 is 1.45 bits per heavy atom. The number of aromatic amines is 1. The number of aromatic nitrogens is 3. The second kappa shape index (κ2) is 6.60. The van der Waals surface area contributed by atoms with E-state index in [9.17, 15) is 9.59 Å². The summed E-state index contributed by atoms with van der Waals surface area (Å²) in [5.41, 5.74) is -0.198. The van der Waals surface area contributed by atoms with Gasteiger partial charge in [0.05, 0.1) is 5.75 Å². The zero-order valence-electron chi connectivity index (χ0n) is 11.2. The van der Waals surface area contributed by atoms with Gasteiger partial charge in [-0.3, -0.25) is 9.36 Å². The first kappa shape index (κ1) is 14.6. The third-order valence-corrected chi connectivity index (χ3v) is 3.90. The molecule has 20 heavy (non-hydrogen) atoms. The van der Waals surface area contributed by atoms with Gasteiger partial charge in [-0.25, -0.2) is 9.89 Å². The Morgan fingerprint density at radius 3 is 2.65 bits per heavy atom. The van der Waals surface area contributed by atoms with Gasteiger partial charge in [-0.15, -0.1) is 18.3 Å². The maximum Gasteiger partial charge on any atom is 0.344 e. The van der Waals surface area contributed by atoms with E-state index in [4.69, 9.17) is 0 Å². The fourth-order valence-electron chi connectivity index (χ4n) is 1.85. The summed E-state index contributed by atoms with van der Waals surface area (Å²) in [4.78, 5) is 25.4. The van der Waals surface area contributed by atoms with Crippen molar-refractivity contribution in [3.8, 4) is 0 Å². The Bertz CT molecular complexity index is 549. The van der Waals surface area contributed by atoms with Crippen LogP contribution in [0.3, 0.4) is 0 Å². The van der Waals surface area contributed by atoms with Gasteiger partial charge in [0.2, 0.25) is 5.91 Å². The van der Waals surface area contributed by atoms with Crippen LogP contribution in [0.2, 0.25) is 0 Å². The summed E-state index contributed by atoms with van der Waals surface area (Å²) in [6, 6.07) is 0.247. The van der Waals surface area contributed by atoms with Gasteiger partial charge in [-0.1, -0.05) is 23.9 Å². The molecule has 0 unspecified atom stereocenters. The number of H-pyrrole nitrogens is 1. The van der Waals surface area contributed by atoms with E-state index in [2.05, 4.69) is 23.4 Å². The molecular weight excluding hydrogens is 276 g/mol. The Hall–Kier alpha value is -1.76. The molecule has 1 aliphatic rings. The second-order valence-corrected chi connectivity index (χ2v) is 5.52. The zero-order valence-corrected chi connectivity index (χ0v) is 12.1. The van der Waals surface area contributed by atoms with Crippen molar-refractivity contribution in [2.75, 3.05) is 18.8 Å². The lowest BCUT2D eigenvalue weighted by molar-refractivity contribution is -0.127. The summed E-state index contributed by atoms with van der Waals surface area (Å²) in [5, 5.41) is 7.00. The molecule has 2 rings (SSSR count). The molecule has 0 aliphatic heterocycles. The highest BCUT2D eigenvalue weighted by molar-refractivity contribution is 7.99. The van der Waals surface area contributed by atoms with Crippen LogP contribution in [0.4, 0.5) is 0 Å². The molecule has 1 heterocycles. The molecular formula is C13H18N4O2S. The van der Waals surface area contributed by atoms with E-state index < -0.39 is 0 Å². The Balaban J connectivity index is 1.97. The number of thioether (sulfide) groups is 1. The van der Waals surface area contributed by atoms with Crippen LogP contribution in [0.1, 0.15) is 18.9 Å². The molecule has 0 aromatic carbocycles. The number of hydrogen-bond acceptors (Lipinski definition) is 4. The van der Waals surface area contributed by atoms with E-state index in [0.717, 1.165) is 12.8 Å². The van der Waals surface area contributed by atoms with E-state index in [1.165, 1.54) is 11.8 Å². The number of rotatable bonds is 8. The third-order valence-electron chi connectivity index (χ3n) is 2.96. The van der Waals surface area contributed by atoms with Gasteiger partial charge in [0.1, 0.15) is 0 Å². The summed E-state index contributed by atoms with van der Waals surface area (Å²) >= 11 is 1.29. The lowest BCUT2D eigenvalue weighted by Gasteiger charge is -2.18. The fourth-order valence-corrected chi connectivity index (χ4v) is 2.77. The van der Waals surface area contributed by atoms with E-state index in [-0.39, 0.29) is 23.4 Å². The Kier molecular flexibility index (Phi) is 4.84. The molecule has 1 aromatic rings. The van der Waals surface area contributed by atoms with Crippen molar-refractivity contribution in [1.29, 1.82) is 0 Å². The van der Waals surface area contributed by atoms with E-state index >= 15 is 0 Å². The number of nitrogens with one attached hydrogen (secondary N) is 1. The lowest BCUT2D eigenvalue weighted by atomic mass is 10.4. The summed E-state index contributed by atoms with van der Waals surface area (Å²) in [5.74, 6) is 0.228. The first-order valence-corrected chi connectivity index (χ1v) is 7.45. The van der Waals surface area contributed by atoms with Crippen molar-refractivity contribution in [2.45, 2.75) is 24.0 Å². The quantitative estimate of drug-likeness (QED) is 0.577. The second-order valence-electron chi connectivity index (χ2n) is 4.58. The molecule has 6 nitrogen and oxygen atoms in total. The van der Waals surface area contributed by atoms with Crippen molar-refractivity contribution < 1.29 is 4.79 Å². The topological polar surface area (TPSA) is 71.0 Å². The van der Waals surface area contributed by atoms with Gasteiger partial charge in [0.15, 0.2) is 5.16 Å². The molecule has 108 valence electrons. The van der Waals surface area contributed by atoms with Crippen LogP contribution in [-0.2, 0) is 4.79 Å². The van der Waals surface area contributed by atoms with Crippen molar-refractivity contribution in [3.05, 3.63) is 35.8 Å². The van der Waals surface area contributed by atoms with Crippen LogP contribution in [-0.4, -0.2) is 44.4 Å². The number of amides is 1. The van der Waals surface area contributed by atoms with Crippen LogP contribution in [0, 0.1) is 0 Å². The standard InChI is InChI=1S/C13H18N4O2S/c1-3-7-16(8-4-2)11(18)9-20-13-15-14-12(19)17(13)10-5-6-10/h3-4,10H,1-2,5-9H2,(H,14,19). The van der Waals surface area contributed by atoms with Gasteiger partial charge in [0.25, 0.3) is 0 Å². The maximum atomic E-state index is 12.1. The minimum Gasteiger partial charge on any atom is -0.335 e. The van der Waals surface area contributed by atoms with E-state index in [1.807, 2.05) is 0 Å². The molecule has 0 bridgehead atoms. The predicted molar refractivity (Wildman–Crippen MR) is 78.8 cm³/mol. The van der Waals surface area contributed by atoms with E-state index in [0.29, 0.717) is 18.2 Å². The number of carbonyl (C=O) groups excluding carboxylic acids is 1. The van der Waals surface area contributed by atoms with Crippen molar-refractivity contribution in [3.63, 3.8) is 0 Å². The van der Waals surface area contributed by atoms with Gasteiger partial charge in [-0.05, 0) is 12.8 Å². The minimum absolute atomic E-state index is 0.0207. The Labute approximate surface area is 121 Å². The van der Waals surface area contributed by atoms with Crippen molar-refractivity contribution in [1.82, 2.24) is 19.7 Å². The normalized spacial score (nSPS) is 14.0. The molecule has 0 radical (unpaired) electrons. The number of hydrogen-bond donors (Lipinski definition) is 1. The van der Waals surface area contributed by atoms with E-state index in [1.54, 1.807) is 21.6 Å². The zero-order chi connectivity index (χ0) is 14.5. The molecule has 1 amide bonds. The van der Waals surface area contributed by atoms with Crippen molar-refractivity contribution >= 4 is 17.7 Å².